The van der Waals surface area contributed by atoms with Crippen LogP contribution in [0.4, 0.5) is 15.8 Å². The molecule has 3 rings (SSSR count). The summed E-state index contributed by atoms with van der Waals surface area (Å²) in [5.74, 6) is -1.23. The molecular formula is C18H16ClFN2O2. The second-order valence-corrected chi connectivity index (χ2v) is 6.21. The Hall–Kier alpha value is -2.40. The van der Waals surface area contributed by atoms with Gasteiger partial charge in [-0.05, 0) is 42.8 Å². The van der Waals surface area contributed by atoms with E-state index >= 15 is 0 Å². The maximum Gasteiger partial charge on any atom is 0.229 e. The summed E-state index contributed by atoms with van der Waals surface area (Å²) in [5.41, 5.74) is 1.79. The van der Waals surface area contributed by atoms with Crippen LogP contribution in [0.1, 0.15) is 12.0 Å². The number of hydrogen-bond donors (Lipinski definition) is 1. The van der Waals surface area contributed by atoms with Crippen LogP contribution in [0.15, 0.2) is 42.5 Å². The number of halogens is 2. The second kappa shape index (κ2) is 6.61. The van der Waals surface area contributed by atoms with Crippen molar-refractivity contribution in [1.29, 1.82) is 0 Å². The summed E-state index contributed by atoms with van der Waals surface area (Å²) < 4.78 is 13.1. The Morgan fingerprint density at radius 1 is 1.29 bits per heavy atom. The number of aryl methyl sites for hydroxylation is 1. The first-order valence-electron chi connectivity index (χ1n) is 7.57. The van der Waals surface area contributed by atoms with Crippen molar-refractivity contribution >= 4 is 34.8 Å². The molecule has 24 heavy (non-hydrogen) atoms. The van der Waals surface area contributed by atoms with E-state index in [1.807, 2.05) is 0 Å². The molecule has 1 aliphatic heterocycles. The summed E-state index contributed by atoms with van der Waals surface area (Å²) in [6.45, 7) is 1.99. The van der Waals surface area contributed by atoms with Crippen LogP contribution in [0.25, 0.3) is 0 Å². The van der Waals surface area contributed by atoms with Gasteiger partial charge >= 0.3 is 0 Å². The minimum absolute atomic E-state index is 0.122. The Kier molecular flexibility index (Phi) is 4.53. The van der Waals surface area contributed by atoms with Crippen molar-refractivity contribution in [1.82, 2.24) is 0 Å². The zero-order valence-corrected chi connectivity index (χ0v) is 13.8. The van der Waals surface area contributed by atoms with Gasteiger partial charge < -0.3 is 10.2 Å². The van der Waals surface area contributed by atoms with Crippen molar-refractivity contribution in [3.05, 3.63) is 58.9 Å². The Balaban J connectivity index is 1.73. The van der Waals surface area contributed by atoms with Gasteiger partial charge in [-0.2, -0.15) is 0 Å². The highest BCUT2D eigenvalue weighted by molar-refractivity contribution is 6.33. The molecule has 1 heterocycles. The Morgan fingerprint density at radius 3 is 2.75 bits per heavy atom. The second-order valence-electron chi connectivity index (χ2n) is 5.81. The SMILES string of the molecule is Cc1cc(F)ccc1NC(=O)C1CC(=O)N(c2ccccc2Cl)C1. The molecule has 0 radical (unpaired) electrons. The van der Waals surface area contributed by atoms with Gasteiger partial charge in [0.1, 0.15) is 5.82 Å². The Morgan fingerprint density at radius 2 is 2.04 bits per heavy atom. The molecule has 0 aliphatic carbocycles. The van der Waals surface area contributed by atoms with Crippen LogP contribution in [0, 0.1) is 18.7 Å². The fourth-order valence-corrected chi connectivity index (χ4v) is 3.03. The number of nitrogens with zero attached hydrogens (tertiary/aromatic N) is 1. The third kappa shape index (κ3) is 3.26. The van der Waals surface area contributed by atoms with E-state index in [1.54, 1.807) is 31.2 Å². The molecule has 124 valence electrons. The number of benzene rings is 2. The summed E-state index contributed by atoms with van der Waals surface area (Å²) in [7, 11) is 0. The first-order valence-corrected chi connectivity index (χ1v) is 7.95. The van der Waals surface area contributed by atoms with E-state index in [-0.39, 0.29) is 30.6 Å². The minimum Gasteiger partial charge on any atom is -0.326 e. The van der Waals surface area contributed by atoms with Crippen molar-refractivity contribution in [2.24, 2.45) is 5.92 Å². The third-order valence-electron chi connectivity index (χ3n) is 4.09. The van der Waals surface area contributed by atoms with Gasteiger partial charge in [-0.3, -0.25) is 9.59 Å². The fourth-order valence-electron chi connectivity index (χ4n) is 2.79. The average Bonchev–Trinajstić information content (AvgIpc) is 2.92. The molecule has 2 aromatic rings. The number of rotatable bonds is 3. The number of carbonyl (C=O) groups is 2. The van der Waals surface area contributed by atoms with Crippen LogP contribution in [-0.2, 0) is 9.59 Å². The van der Waals surface area contributed by atoms with E-state index in [2.05, 4.69) is 5.32 Å². The number of amides is 2. The lowest BCUT2D eigenvalue weighted by Gasteiger charge is -2.18. The van der Waals surface area contributed by atoms with Crippen LogP contribution >= 0.6 is 11.6 Å². The molecule has 1 unspecified atom stereocenters. The molecule has 0 aromatic heterocycles. The van der Waals surface area contributed by atoms with Crippen molar-refractivity contribution in [3.63, 3.8) is 0 Å². The quantitative estimate of drug-likeness (QED) is 0.919. The fraction of sp³-hybridized carbons (Fsp3) is 0.222. The summed E-state index contributed by atoms with van der Waals surface area (Å²) in [6, 6.07) is 11.2. The van der Waals surface area contributed by atoms with E-state index in [0.717, 1.165) is 0 Å². The summed E-state index contributed by atoms with van der Waals surface area (Å²) in [4.78, 5) is 26.2. The van der Waals surface area contributed by atoms with Crippen molar-refractivity contribution in [2.45, 2.75) is 13.3 Å². The zero-order chi connectivity index (χ0) is 17.3. The topological polar surface area (TPSA) is 49.4 Å². The lowest BCUT2D eigenvalue weighted by Crippen LogP contribution is -2.28. The lowest BCUT2D eigenvalue weighted by molar-refractivity contribution is -0.122. The molecule has 1 N–H and O–H groups in total. The first-order chi connectivity index (χ1) is 11.5. The smallest absolute Gasteiger partial charge is 0.229 e. The molecule has 0 spiro atoms. The molecule has 1 aliphatic rings. The van der Waals surface area contributed by atoms with Crippen LogP contribution in [0.3, 0.4) is 0 Å². The average molecular weight is 347 g/mol. The van der Waals surface area contributed by atoms with Gasteiger partial charge in [0, 0.05) is 18.7 Å². The number of carbonyl (C=O) groups excluding carboxylic acids is 2. The van der Waals surface area contributed by atoms with Crippen molar-refractivity contribution in [3.8, 4) is 0 Å². The van der Waals surface area contributed by atoms with Crippen molar-refractivity contribution < 1.29 is 14.0 Å². The van der Waals surface area contributed by atoms with Gasteiger partial charge in [0.2, 0.25) is 11.8 Å². The normalized spacial score (nSPS) is 17.2. The van der Waals surface area contributed by atoms with Gasteiger partial charge in [-0.25, -0.2) is 4.39 Å². The van der Waals surface area contributed by atoms with Gasteiger partial charge in [0.25, 0.3) is 0 Å². The summed E-state index contributed by atoms with van der Waals surface area (Å²) in [5, 5.41) is 3.24. The molecule has 1 saturated heterocycles. The molecule has 4 nitrogen and oxygen atoms in total. The predicted molar refractivity (Wildman–Crippen MR) is 91.7 cm³/mol. The molecule has 2 aromatic carbocycles. The van der Waals surface area contributed by atoms with Gasteiger partial charge in [-0.15, -0.1) is 0 Å². The molecule has 0 bridgehead atoms. The van der Waals surface area contributed by atoms with Gasteiger partial charge in [0.15, 0.2) is 0 Å². The summed E-state index contributed by atoms with van der Waals surface area (Å²) >= 11 is 6.13. The molecule has 0 saturated carbocycles. The first kappa shape index (κ1) is 16.5. The molecule has 6 heteroatoms. The van der Waals surface area contributed by atoms with Crippen LogP contribution in [0.2, 0.25) is 5.02 Å². The standard InChI is InChI=1S/C18H16ClFN2O2/c1-11-8-13(20)6-7-15(11)21-18(24)12-9-17(23)22(10-12)16-5-3-2-4-14(16)19/h2-8,12H,9-10H2,1H3,(H,21,24). The van der Waals surface area contributed by atoms with E-state index in [9.17, 15) is 14.0 Å². The monoisotopic (exact) mass is 346 g/mol. The van der Waals surface area contributed by atoms with E-state index in [4.69, 9.17) is 11.6 Å². The summed E-state index contributed by atoms with van der Waals surface area (Å²) in [6.07, 6.45) is 0.122. The molecule has 1 fully saturated rings. The maximum absolute atomic E-state index is 13.1. The molecule has 1 atom stereocenters. The highest BCUT2D eigenvalue weighted by Gasteiger charge is 2.35. The third-order valence-corrected chi connectivity index (χ3v) is 4.41. The number of hydrogen-bond acceptors (Lipinski definition) is 2. The van der Waals surface area contributed by atoms with Crippen LogP contribution in [0.5, 0.6) is 0 Å². The number of para-hydroxylation sites is 1. The predicted octanol–water partition coefficient (Wildman–Crippen LogP) is 3.78. The van der Waals surface area contributed by atoms with Crippen molar-refractivity contribution in [2.75, 3.05) is 16.8 Å². The largest absolute Gasteiger partial charge is 0.326 e. The maximum atomic E-state index is 13.1. The van der Waals surface area contributed by atoms with Crippen LogP contribution < -0.4 is 10.2 Å². The van der Waals surface area contributed by atoms with E-state index in [0.29, 0.717) is 22.0 Å². The Bertz CT molecular complexity index is 809. The highest BCUT2D eigenvalue weighted by Crippen LogP contribution is 2.31. The minimum atomic E-state index is -0.474. The van der Waals surface area contributed by atoms with Crippen LogP contribution in [-0.4, -0.2) is 18.4 Å². The number of nitrogens with one attached hydrogen (secondary N) is 1. The molecule has 2 amide bonds. The van der Waals surface area contributed by atoms with Gasteiger partial charge in [-0.1, -0.05) is 23.7 Å². The Labute approximate surface area is 144 Å². The highest BCUT2D eigenvalue weighted by atomic mass is 35.5. The van der Waals surface area contributed by atoms with Gasteiger partial charge in [0.05, 0.1) is 16.6 Å². The molecular weight excluding hydrogens is 331 g/mol. The van der Waals surface area contributed by atoms with E-state index < -0.39 is 5.92 Å². The number of anilines is 2. The zero-order valence-electron chi connectivity index (χ0n) is 13.1. The lowest BCUT2D eigenvalue weighted by atomic mass is 10.1. The van der Waals surface area contributed by atoms with E-state index in [1.165, 1.54) is 23.1 Å².